The fourth-order valence-corrected chi connectivity index (χ4v) is 11.8. The molecule has 1 heterocycles. The topological polar surface area (TPSA) is 369 Å². The van der Waals surface area contributed by atoms with Crippen LogP contribution in [0.4, 0.5) is 68.2 Å². The Labute approximate surface area is 558 Å². The highest BCUT2D eigenvalue weighted by Gasteiger charge is 2.26. The molecule has 30 nitrogen and oxygen atoms in total. The maximum Gasteiger partial charge on any atom is 0.253 e. The molecule has 0 unspecified atom stereocenters. The fourth-order valence-electron chi connectivity index (χ4n) is 11.8. The van der Waals surface area contributed by atoms with Crippen LogP contribution in [-0.2, 0) is 0 Å². The van der Waals surface area contributed by atoms with Gasteiger partial charge in [0.05, 0.1) is 0 Å². The smallest absolute Gasteiger partial charge is 0.253 e. The molecular weight excluding hydrogens is 1240 g/mol. The molecule has 528 valence electrons. The lowest BCUT2D eigenvalue weighted by Crippen LogP contribution is -2.38. The predicted octanol–water partition coefficient (Wildman–Crippen LogP) is -1.01. The molecule has 0 radical (unpaired) electrons. The molecule has 0 spiro atoms. The first-order valence-electron chi connectivity index (χ1n) is 34.2. The lowest BCUT2D eigenvalue weighted by atomic mass is 10.1. The van der Waals surface area contributed by atoms with Crippen molar-refractivity contribution in [3.05, 3.63) is 123 Å². The summed E-state index contributed by atoms with van der Waals surface area (Å²) in [5.74, 6) is 0. The summed E-state index contributed by atoms with van der Waals surface area (Å²) in [5, 5.41) is 37.6. The highest BCUT2D eigenvalue weighted by molar-refractivity contribution is 5.77. The normalized spacial score (nSPS) is 19.3. The van der Waals surface area contributed by atoms with E-state index < -0.39 is 65.1 Å². The zero-order chi connectivity index (χ0) is 69.3. The standard InChI is InChI=1S/C66H102N18O12/c1-79-31-7-19-67-43-45(57(87)55(43)85)69-21-9-33-80(2)35-11-23-71-47-49(61(91)59(47)89)73-25-13-37-82(4)39-15-27-75-51-53(65(95)63(51)93)77-29-17-41-84(6)42-18-30-78-54-52(64(94)66(54)96)76-28-16-40-83(5)38-14-26-74-50-48(60(90)62(50)92)72-24-12-36-81(3)34-10-22-70-46-44(56(86)58(46)88)68-20-8-32-79/h67-78H,7-42H2,1-6H3. The van der Waals surface area contributed by atoms with E-state index in [0.29, 0.717) is 224 Å². The van der Waals surface area contributed by atoms with Crippen LogP contribution in [0, 0.1) is 0 Å². The van der Waals surface area contributed by atoms with Crippen molar-refractivity contribution >= 4 is 68.2 Å². The lowest BCUT2D eigenvalue weighted by molar-refractivity contribution is 0.331. The Kier molecular flexibility index (Phi) is 29.7. The molecule has 0 amide bonds. The Balaban J connectivity index is 0.822. The Hall–Kier alpha value is -8.16. The van der Waals surface area contributed by atoms with E-state index in [0.717, 1.165) is 78.5 Å². The minimum atomic E-state index is -0.537. The molecule has 0 fully saturated rings. The van der Waals surface area contributed by atoms with Crippen molar-refractivity contribution < 1.29 is 0 Å². The maximum atomic E-state index is 12.5. The van der Waals surface area contributed by atoms with E-state index in [4.69, 9.17) is 0 Å². The number of nitrogens with one attached hydrogen (secondary N) is 12. The first-order valence-corrected chi connectivity index (χ1v) is 34.2. The Morgan fingerprint density at radius 3 is 0.302 bits per heavy atom. The molecule has 7 rings (SSSR count). The summed E-state index contributed by atoms with van der Waals surface area (Å²) >= 11 is 0. The molecule has 12 N–H and O–H groups in total. The van der Waals surface area contributed by atoms with Gasteiger partial charge < -0.3 is 93.2 Å². The average Bonchev–Trinajstić information content (AvgIpc) is 0.838. The second-order valence-corrected chi connectivity index (χ2v) is 25.6. The molecule has 0 bridgehead atoms. The van der Waals surface area contributed by atoms with Gasteiger partial charge in [-0.25, -0.2) is 0 Å². The largest absolute Gasteiger partial charge is 0.380 e. The zero-order valence-corrected chi connectivity index (χ0v) is 57.0. The van der Waals surface area contributed by atoms with E-state index in [1.54, 1.807) is 0 Å². The summed E-state index contributed by atoms with van der Waals surface area (Å²) in [6.45, 7) is 14.6. The highest BCUT2D eigenvalue weighted by Crippen LogP contribution is 2.20. The first-order chi connectivity index (χ1) is 46.2. The van der Waals surface area contributed by atoms with Gasteiger partial charge in [0, 0.05) is 78.5 Å². The van der Waals surface area contributed by atoms with Crippen molar-refractivity contribution in [3.63, 3.8) is 0 Å². The van der Waals surface area contributed by atoms with Crippen LogP contribution >= 0.6 is 0 Å². The monoisotopic (exact) mass is 1340 g/mol. The minimum Gasteiger partial charge on any atom is -0.380 e. The van der Waals surface area contributed by atoms with Crippen molar-refractivity contribution in [3.8, 4) is 0 Å². The van der Waals surface area contributed by atoms with Crippen LogP contribution in [0.3, 0.4) is 0 Å². The Bertz CT molecular complexity index is 3010. The molecule has 0 saturated carbocycles. The number of rotatable bonds is 0. The third-order valence-corrected chi connectivity index (χ3v) is 17.7. The molecule has 0 saturated heterocycles. The summed E-state index contributed by atoms with van der Waals surface area (Å²) in [4.78, 5) is 162. The molecule has 1 aliphatic heterocycles. The summed E-state index contributed by atoms with van der Waals surface area (Å²) < 4.78 is 0. The lowest BCUT2D eigenvalue weighted by Gasteiger charge is -2.20. The van der Waals surface area contributed by atoms with E-state index >= 15 is 0 Å². The van der Waals surface area contributed by atoms with E-state index in [1.807, 2.05) is 42.3 Å². The van der Waals surface area contributed by atoms with E-state index in [-0.39, 0.29) is 0 Å². The summed E-state index contributed by atoms with van der Waals surface area (Å²) in [7, 11) is 11.9. The second kappa shape index (κ2) is 38.0. The van der Waals surface area contributed by atoms with Crippen molar-refractivity contribution in [1.82, 2.24) is 29.4 Å². The van der Waals surface area contributed by atoms with Crippen LogP contribution < -0.4 is 129 Å². The number of nitrogens with zero attached hydrogens (tertiary/aromatic N) is 6. The van der Waals surface area contributed by atoms with Gasteiger partial charge in [-0.1, -0.05) is 0 Å². The van der Waals surface area contributed by atoms with E-state index in [2.05, 4.69) is 93.2 Å². The Morgan fingerprint density at radius 2 is 0.229 bits per heavy atom. The number of fused-ring (bicyclic) bond motifs is 6. The molecule has 30 heteroatoms. The maximum absolute atomic E-state index is 12.5. The fraction of sp³-hybridized carbons (Fsp3) is 0.636. The Morgan fingerprint density at radius 1 is 0.156 bits per heavy atom. The molecule has 0 aliphatic carbocycles. The average molecular weight is 1340 g/mol. The zero-order valence-electron chi connectivity index (χ0n) is 57.0. The molecule has 0 aromatic heterocycles. The number of anilines is 12. The molecule has 96 heavy (non-hydrogen) atoms. The van der Waals surface area contributed by atoms with Gasteiger partial charge in [-0.2, -0.15) is 0 Å². The number of hydrogen-bond acceptors (Lipinski definition) is 30. The second-order valence-electron chi connectivity index (χ2n) is 25.6. The third kappa shape index (κ3) is 20.9. The van der Waals surface area contributed by atoms with Crippen LogP contribution in [0.5, 0.6) is 0 Å². The van der Waals surface area contributed by atoms with Gasteiger partial charge in [0.2, 0.25) is 0 Å². The van der Waals surface area contributed by atoms with Gasteiger partial charge >= 0.3 is 0 Å². The first kappa shape index (κ1) is 75.2. The number of hydrogen-bond donors (Lipinski definition) is 12. The van der Waals surface area contributed by atoms with Gasteiger partial charge in [0.15, 0.2) is 0 Å². The molecule has 1 aliphatic rings. The van der Waals surface area contributed by atoms with Gasteiger partial charge in [-0.15, -0.1) is 0 Å². The van der Waals surface area contributed by atoms with E-state index in [9.17, 15) is 57.5 Å². The van der Waals surface area contributed by atoms with Gasteiger partial charge in [-0.05, 0) is 198 Å². The summed E-state index contributed by atoms with van der Waals surface area (Å²) in [6.07, 6.45) is 8.57. The highest BCUT2D eigenvalue weighted by atomic mass is 16.2. The van der Waals surface area contributed by atoms with Crippen molar-refractivity contribution in [2.45, 2.75) is 77.0 Å². The molecular formula is C66H102N18O12. The van der Waals surface area contributed by atoms with Gasteiger partial charge in [0.25, 0.3) is 65.1 Å². The van der Waals surface area contributed by atoms with Crippen LogP contribution in [0.1, 0.15) is 77.0 Å². The minimum absolute atomic E-state index is 0.302. The van der Waals surface area contributed by atoms with Gasteiger partial charge in [-0.3, -0.25) is 57.5 Å². The van der Waals surface area contributed by atoms with Crippen LogP contribution in [0.25, 0.3) is 0 Å². The van der Waals surface area contributed by atoms with Crippen LogP contribution in [-0.4, -0.2) is 229 Å². The van der Waals surface area contributed by atoms with E-state index in [1.165, 1.54) is 0 Å². The predicted molar refractivity (Wildman–Crippen MR) is 390 cm³/mol. The van der Waals surface area contributed by atoms with Gasteiger partial charge in [0.1, 0.15) is 68.2 Å². The molecule has 6 aromatic rings. The van der Waals surface area contributed by atoms with Crippen molar-refractivity contribution in [1.29, 1.82) is 0 Å². The molecule has 0 atom stereocenters. The van der Waals surface area contributed by atoms with Crippen molar-refractivity contribution in [2.24, 2.45) is 0 Å². The van der Waals surface area contributed by atoms with Crippen LogP contribution in [0.15, 0.2) is 57.5 Å². The quantitative estimate of drug-likeness (QED) is 0.0811. The van der Waals surface area contributed by atoms with Crippen molar-refractivity contribution in [2.75, 3.05) is 263 Å². The SMILES string of the molecule is CN1CCCNc2c(c(=O)c2=O)NCCCN(C)CCCNc2c(c(=O)c2=O)NCCCN(C)CCCNc2c(c(=O)c2=O)NCCCN(C)CCCNc2c(c(=O)c2=O)NCCCN(C)CCCNc2c(c(=O)c2=O)NCCCN(C)CCCNc2c(c(=O)c2=O)NCCC1. The van der Waals surface area contributed by atoms with Crippen LogP contribution in [0.2, 0.25) is 0 Å². The summed E-state index contributed by atoms with van der Waals surface area (Å²) in [6, 6.07) is 0. The summed E-state index contributed by atoms with van der Waals surface area (Å²) in [5.41, 5.74) is -2.82. The molecule has 6 aromatic carbocycles. The third-order valence-electron chi connectivity index (χ3n) is 17.7.